The predicted octanol–water partition coefficient (Wildman–Crippen LogP) is 2.64. The fourth-order valence-corrected chi connectivity index (χ4v) is 2.52. The minimum atomic E-state index is -0.220. The molecule has 7 heteroatoms. The molecule has 1 aliphatic heterocycles. The SMILES string of the molecule is CCOC(=O)CN1CCO[C@@H](COc2cc(Cl)ccc2Cl)C1. The number of benzene rings is 1. The highest BCUT2D eigenvalue weighted by Crippen LogP contribution is 2.28. The molecule has 2 rings (SSSR count). The van der Waals surface area contributed by atoms with Gasteiger partial charge < -0.3 is 14.2 Å². The maximum Gasteiger partial charge on any atom is 0.320 e. The third-order valence-corrected chi connectivity index (χ3v) is 3.75. The first-order valence-electron chi connectivity index (χ1n) is 7.16. The van der Waals surface area contributed by atoms with Gasteiger partial charge in [-0.15, -0.1) is 0 Å². The fraction of sp³-hybridized carbons (Fsp3) is 0.533. The predicted molar refractivity (Wildman–Crippen MR) is 84.8 cm³/mol. The molecule has 1 aliphatic rings. The lowest BCUT2D eigenvalue weighted by atomic mass is 10.3. The Hall–Kier alpha value is -1.01. The number of halogens is 2. The van der Waals surface area contributed by atoms with Crippen molar-refractivity contribution in [3.8, 4) is 5.75 Å². The highest BCUT2D eigenvalue weighted by Gasteiger charge is 2.23. The quantitative estimate of drug-likeness (QED) is 0.740. The Kier molecular flexibility index (Phi) is 6.76. The summed E-state index contributed by atoms with van der Waals surface area (Å²) >= 11 is 12.0. The van der Waals surface area contributed by atoms with E-state index in [1.807, 2.05) is 4.90 Å². The van der Waals surface area contributed by atoms with Crippen LogP contribution in [0.25, 0.3) is 0 Å². The van der Waals surface area contributed by atoms with Crippen LogP contribution in [-0.2, 0) is 14.3 Å². The standard InChI is InChI=1S/C15H19Cl2NO4/c1-2-20-15(19)9-18-5-6-21-12(8-18)10-22-14-7-11(16)3-4-13(14)17/h3-4,7,12H,2,5-6,8-10H2,1H3/t12-/m1/s1. The van der Waals surface area contributed by atoms with E-state index in [0.717, 1.165) is 0 Å². The smallest absolute Gasteiger partial charge is 0.320 e. The Morgan fingerprint density at radius 1 is 1.45 bits per heavy atom. The van der Waals surface area contributed by atoms with Gasteiger partial charge in [0.25, 0.3) is 0 Å². The topological polar surface area (TPSA) is 48.0 Å². The van der Waals surface area contributed by atoms with Gasteiger partial charge in [0, 0.05) is 24.2 Å². The van der Waals surface area contributed by atoms with Gasteiger partial charge in [0.05, 0.1) is 24.8 Å². The number of nitrogens with zero attached hydrogens (tertiary/aromatic N) is 1. The van der Waals surface area contributed by atoms with Crippen LogP contribution < -0.4 is 4.74 Å². The molecule has 0 aliphatic carbocycles. The molecule has 1 aromatic rings. The molecular weight excluding hydrogens is 329 g/mol. The second-order valence-corrected chi connectivity index (χ2v) is 5.76. The molecule has 0 unspecified atom stereocenters. The molecule has 0 N–H and O–H groups in total. The summed E-state index contributed by atoms with van der Waals surface area (Å²) in [6, 6.07) is 5.06. The normalized spacial score (nSPS) is 19.0. The third kappa shape index (κ3) is 5.32. The number of carbonyl (C=O) groups excluding carboxylic acids is 1. The minimum Gasteiger partial charge on any atom is -0.489 e. The molecule has 22 heavy (non-hydrogen) atoms. The Balaban J connectivity index is 1.82. The lowest BCUT2D eigenvalue weighted by molar-refractivity contribution is -0.146. The summed E-state index contributed by atoms with van der Waals surface area (Å²) in [7, 11) is 0. The van der Waals surface area contributed by atoms with Crippen molar-refractivity contribution >= 4 is 29.2 Å². The Bertz CT molecular complexity index is 512. The molecule has 0 amide bonds. The summed E-state index contributed by atoms with van der Waals surface area (Å²) in [6.45, 7) is 4.66. The van der Waals surface area contributed by atoms with Gasteiger partial charge in [-0.1, -0.05) is 23.2 Å². The van der Waals surface area contributed by atoms with Crippen molar-refractivity contribution < 1.29 is 19.0 Å². The number of ether oxygens (including phenoxy) is 3. The molecule has 1 atom stereocenters. The number of esters is 1. The highest BCUT2D eigenvalue weighted by molar-refractivity contribution is 6.34. The average molecular weight is 348 g/mol. The summed E-state index contributed by atoms with van der Waals surface area (Å²) in [5, 5.41) is 1.07. The van der Waals surface area contributed by atoms with Gasteiger partial charge in [-0.05, 0) is 19.1 Å². The van der Waals surface area contributed by atoms with Crippen molar-refractivity contribution in [3.05, 3.63) is 28.2 Å². The Morgan fingerprint density at radius 3 is 3.05 bits per heavy atom. The van der Waals surface area contributed by atoms with Crippen molar-refractivity contribution in [2.75, 3.05) is 39.5 Å². The average Bonchev–Trinajstić information content (AvgIpc) is 2.49. The number of hydrogen-bond acceptors (Lipinski definition) is 5. The number of hydrogen-bond donors (Lipinski definition) is 0. The van der Waals surface area contributed by atoms with Gasteiger partial charge in [-0.2, -0.15) is 0 Å². The Labute approximate surface area is 140 Å². The number of carbonyl (C=O) groups is 1. The summed E-state index contributed by atoms with van der Waals surface area (Å²) in [6.07, 6.45) is -0.127. The van der Waals surface area contributed by atoms with Gasteiger partial charge in [0.15, 0.2) is 0 Å². The molecule has 1 heterocycles. The van der Waals surface area contributed by atoms with Crippen molar-refractivity contribution in [3.63, 3.8) is 0 Å². The molecule has 0 bridgehead atoms. The molecule has 0 aromatic heterocycles. The van der Waals surface area contributed by atoms with E-state index in [1.165, 1.54) is 0 Å². The van der Waals surface area contributed by atoms with Crippen molar-refractivity contribution in [1.29, 1.82) is 0 Å². The minimum absolute atomic E-state index is 0.127. The van der Waals surface area contributed by atoms with Crippen molar-refractivity contribution in [2.24, 2.45) is 0 Å². The molecule has 1 aromatic carbocycles. The highest BCUT2D eigenvalue weighted by atomic mass is 35.5. The lowest BCUT2D eigenvalue weighted by Crippen LogP contribution is -2.47. The van der Waals surface area contributed by atoms with Crippen LogP contribution in [0, 0.1) is 0 Å². The van der Waals surface area contributed by atoms with E-state index >= 15 is 0 Å². The third-order valence-electron chi connectivity index (χ3n) is 3.20. The van der Waals surface area contributed by atoms with Gasteiger partial charge in [0.2, 0.25) is 0 Å². The first-order chi connectivity index (χ1) is 10.6. The number of rotatable bonds is 6. The monoisotopic (exact) mass is 347 g/mol. The zero-order chi connectivity index (χ0) is 15.9. The van der Waals surface area contributed by atoms with Crippen LogP contribution in [0.3, 0.4) is 0 Å². The summed E-state index contributed by atoms with van der Waals surface area (Å²) in [4.78, 5) is 13.5. The number of morpholine rings is 1. The van der Waals surface area contributed by atoms with Crippen LogP contribution in [0.5, 0.6) is 5.75 Å². The lowest BCUT2D eigenvalue weighted by Gasteiger charge is -2.32. The second kappa shape index (κ2) is 8.58. The maximum atomic E-state index is 11.5. The van der Waals surface area contributed by atoms with E-state index in [2.05, 4.69) is 0 Å². The zero-order valence-corrected chi connectivity index (χ0v) is 13.9. The Morgan fingerprint density at radius 2 is 2.27 bits per heavy atom. The van der Waals surface area contributed by atoms with Crippen LogP contribution in [0.15, 0.2) is 18.2 Å². The van der Waals surface area contributed by atoms with E-state index in [1.54, 1.807) is 25.1 Å². The first kappa shape index (κ1) is 17.3. The van der Waals surface area contributed by atoms with E-state index < -0.39 is 0 Å². The summed E-state index contributed by atoms with van der Waals surface area (Å²) in [5.74, 6) is 0.308. The fourth-order valence-electron chi connectivity index (χ4n) is 2.18. The van der Waals surface area contributed by atoms with Crippen LogP contribution in [0.4, 0.5) is 0 Å². The molecule has 0 saturated carbocycles. The van der Waals surface area contributed by atoms with Crippen molar-refractivity contribution in [1.82, 2.24) is 4.90 Å². The van der Waals surface area contributed by atoms with E-state index in [9.17, 15) is 4.79 Å². The summed E-state index contributed by atoms with van der Waals surface area (Å²) < 4.78 is 16.3. The van der Waals surface area contributed by atoms with E-state index in [0.29, 0.717) is 48.7 Å². The molecule has 0 spiro atoms. The van der Waals surface area contributed by atoms with Gasteiger partial charge >= 0.3 is 5.97 Å². The van der Waals surface area contributed by atoms with Gasteiger partial charge in [-0.3, -0.25) is 9.69 Å². The zero-order valence-electron chi connectivity index (χ0n) is 12.4. The second-order valence-electron chi connectivity index (χ2n) is 4.92. The molecule has 1 saturated heterocycles. The van der Waals surface area contributed by atoms with Crippen LogP contribution in [0.2, 0.25) is 10.0 Å². The van der Waals surface area contributed by atoms with E-state index in [-0.39, 0.29) is 18.6 Å². The van der Waals surface area contributed by atoms with Crippen LogP contribution in [-0.4, -0.2) is 56.4 Å². The molecule has 5 nitrogen and oxygen atoms in total. The van der Waals surface area contributed by atoms with E-state index in [4.69, 9.17) is 37.4 Å². The van der Waals surface area contributed by atoms with Gasteiger partial charge in [0.1, 0.15) is 18.5 Å². The van der Waals surface area contributed by atoms with Crippen LogP contribution in [0.1, 0.15) is 6.92 Å². The van der Waals surface area contributed by atoms with Crippen molar-refractivity contribution in [2.45, 2.75) is 13.0 Å². The molecule has 0 radical (unpaired) electrons. The molecule has 122 valence electrons. The summed E-state index contributed by atoms with van der Waals surface area (Å²) in [5.41, 5.74) is 0. The van der Waals surface area contributed by atoms with Crippen LogP contribution >= 0.6 is 23.2 Å². The largest absolute Gasteiger partial charge is 0.489 e. The molecular formula is C15H19Cl2NO4. The first-order valence-corrected chi connectivity index (χ1v) is 7.91. The maximum absolute atomic E-state index is 11.5. The molecule has 1 fully saturated rings. The van der Waals surface area contributed by atoms with Gasteiger partial charge in [-0.25, -0.2) is 0 Å².